The van der Waals surface area contributed by atoms with E-state index in [4.69, 9.17) is 0 Å². The summed E-state index contributed by atoms with van der Waals surface area (Å²) in [5.41, 5.74) is 4.19. The Hall–Kier alpha value is -2.47. The number of benzene rings is 1. The molecule has 0 bridgehead atoms. The summed E-state index contributed by atoms with van der Waals surface area (Å²) >= 11 is 1.56. The molecule has 5 nitrogen and oxygen atoms in total. The van der Waals surface area contributed by atoms with Crippen molar-refractivity contribution >= 4 is 28.0 Å². The monoisotopic (exact) mass is 353 g/mol. The fraction of sp³-hybridized carbons (Fsp3) is 0.316. The molecule has 0 saturated heterocycles. The van der Waals surface area contributed by atoms with E-state index in [-0.39, 0.29) is 24.5 Å². The van der Waals surface area contributed by atoms with Crippen LogP contribution in [0.2, 0.25) is 0 Å². The largest absolute Gasteiger partial charge is 0.350 e. The van der Waals surface area contributed by atoms with Gasteiger partial charge in [-0.2, -0.15) is 0 Å². The Balaban J connectivity index is 1.28. The fourth-order valence-electron chi connectivity index (χ4n) is 3.26. The molecule has 1 aliphatic rings. The third-order valence-corrected chi connectivity index (χ3v) is 5.38. The van der Waals surface area contributed by atoms with Crippen LogP contribution in [0.5, 0.6) is 0 Å². The zero-order chi connectivity index (χ0) is 17.2. The lowest BCUT2D eigenvalue weighted by Crippen LogP contribution is -2.23. The Bertz CT molecular complexity index is 913. The van der Waals surface area contributed by atoms with Crippen molar-refractivity contribution in [1.29, 1.82) is 0 Å². The number of Topliss-reactive ketones (excluding diaryl/α,β-unsaturated/α-hetero) is 1. The van der Waals surface area contributed by atoms with E-state index in [9.17, 15) is 9.59 Å². The first-order chi connectivity index (χ1) is 12.2. The molecule has 25 heavy (non-hydrogen) atoms. The number of nitrogens with one attached hydrogen (secondary N) is 1. The molecule has 0 atom stereocenters. The van der Waals surface area contributed by atoms with Gasteiger partial charge in [-0.3, -0.25) is 14.0 Å². The van der Waals surface area contributed by atoms with Gasteiger partial charge in [0.2, 0.25) is 5.91 Å². The van der Waals surface area contributed by atoms with E-state index in [0.29, 0.717) is 6.54 Å². The predicted molar refractivity (Wildman–Crippen MR) is 96.9 cm³/mol. The maximum atomic E-state index is 12.3. The van der Waals surface area contributed by atoms with Gasteiger partial charge in [-0.05, 0) is 36.5 Å². The van der Waals surface area contributed by atoms with Gasteiger partial charge < -0.3 is 5.32 Å². The number of carbonyl (C=O) groups excluding carboxylic acids is 2. The standard InChI is InChI=1S/C19H19N3O2S/c23-17(15-5-4-13-2-1-3-14(13)10-15)6-7-18(24)20-11-16-12-22-8-9-25-19(22)21-16/h4-5,8-10,12H,1-3,6-7,11H2,(H,20,24). The smallest absolute Gasteiger partial charge is 0.220 e. The number of amides is 1. The van der Waals surface area contributed by atoms with Crippen LogP contribution in [-0.2, 0) is 24.2 Å². The minimum atomic E-state index is -0.120. The van der Waals surface area contributed by atoms with Crippen LogP contribution < -0.4 is 5.32 Å². The Morgan fingerprint density at radius 2 is 2.08 bits per heavy atom. The summed E-state index contributed by atoms with van der Waals surface area (Å²) in [4.78, 5) is 29.6. The number of carbonyl (C=O) groups is 2. The van der Waals surface area contributed by atoms with E-state index in [1.165, 1.54) is 17.5 Å². The van der Waals surface area contributed by atoms with Crippen molar-refractivity contribution in [3.8, 4) is 0 Å². The molecule has 0 fully saturated rings. The molecule has 0 radical (unpaired) electrons. The van der Waals surface area contributed by atoms with Gasteiger partial charge in [0.15, 0.2) is 10.7 Å². The molecule has 0 saturated carbocycles. The average molecular weight is 353 g/mol. The van der Waals surface area contributed by atoms with Crippen LogP contribution in [0.15, 0.2) is 36.0 Å². The van der Waals surface area contributed by atoms with E-state index in [1.807, 2.05) is 34.3 Å². The zero-order valence-electron chi connectivity index (χ0n) is 13.8. The number of imidazole rings is 1. The van der Waals surface area contributed by atoms with Crippen molar-refractivity contribution in [3.63, 3.8) is 0 Å². The number of rotatable bonds is 6. The molecule has 128 valence electrons. The first kappa shape index (κ1) is 16.0. The number of hydrogen-bond donors (Lipinski definition) is 1. The second-order valence-electron chi connectivity index (χ2n) is 6.36. The van der Waals surface area contributed by atoms with Crippen LogP contribution in [0.4, 0.5) is 0 Å². The molecule has 4 rings (SSSR count). The Morgan fingerprint density at radius 1 is 1.20 bits per heavy atom. The summed E-state index contributed by atoms with van der Waals surface area (Å²) < 4.78 is 1.93. The second-order valence-corrected chi connectivity index (χ2v) is 7.24. The number of ketones is 1. The van der Waals surface area contributed by atoms with Crippen LogP contribution in [0.1, 0.15) is 46.4 Å². The number of aromatic nitrogens is 2. The highest BCUT2D eigenvalue weighted by atomic mass is 32.1. The Kier molecular flexibility index (Phi) is 4.36. The van der Waals surface area contributed by atoms with Crippen molar-refractivity contribution in [2.24, 2.45) is 0 Å². The maximum Gasteiger partial charge on any atom is 0.220 e. The van der Waals surface area contributed by atoms with Crippen molar-refractivity contribution in [3.05, 3.63) is 58.4 Å². The van der Waals surface area contributed by atoms with Crippen LogP contribution >= 0.6 is 11.3 Å². The lowest BCUT2D eigenvalue weighted by Gasteiger charge is -2.05. The van der Waals surface area contributed by atoms with Gasteiger partial charge in [-0.15, -0.1) is 11.3 Å². The van der Waals surface area contributed by atoms with Crippen LogP contribution in [0, 0.1) is 0 Å². The Labute approximate surface area is 149 Å². The van der Waals surface area contributed by atoms with Crippen molar-refractivity contribution in [2.45, 2.75) is 38.6 Å². The summed E-state index contributed by atoms with van der Waals surface area (Å²) in [5.74, 6) is -0.0850. The first-order valence-electron chi connectivity index (χ1n) is 8.52. The lowest BCUT2D eigenvalue weighted by atomic mass is 10.0. The molecular weight excluding hydrogens is 334 g/mol. The van der Waals surface area contributed by atoms with Crippen LogP contribution in [0.3, 0.4) is 0 Å². The molecule has 1 N–H and O–H groups in total. The predicted octanol–water partition coefficient (Wildman–Crippen LogP) is 3.16. The molecular formula is C19H19N3O2S. The molecule has 1 amide bonds. The number of fused-ring (bicyclic) bond motifs is 2. The normalized spacial score (nSPS) is 13.1. The lowest BCUT2D eigenvalue weighted by molar-refractivity contribution is -0.121. The molecule has 0 spiro atoms. The second kappa shape index (κ2) is 6.80. The highest BCUT2D eigenvalue weighted by Crippen LogP contribution is 2.23. The summed E-state index contributed by atoms with van der Waals surface area (Å²) in [6.07, 6.45) is 7.62. The van der Waals surface area contributed by atoms with Crippen molar-refractivity contribution in [1.82, 2.24) is 14.7 Å². The van der Waals surface area contributed by atoms with E-state index in [2.05, 4.69) is 16.4 Å². The highest BCUT2D eigenvalue weighted by molar-refractivity contribution is 7.15. The number of nitrogens with zero attached hydrogens (tertiary/aromatic N) is 2. The Morgan fingerprint density at radius 3 is 2.96 bits per heavy atom. The summed E-state index contributed by atoms with van der Waals surface area (Å²) in [6.45, 7) is 0.389. The fourth-order valence-corrected chi connectivity index (χ4v) is 3.97. The number of thiazole rings is 1. The summed E-state index contributed by atoms with van der Waals surface area (Å²) in [7, 11) is 0. The molecule has 2 heterocycles. The maximum absolute atomic E-state index is 12.3. The molecule has 1 aliphatic carbocycles. The minimum absolute atomic E-state index is 0.0346. The van der Waals surface area contributed by atoms with Crippen LogP contribution in [0.25, 0.3) is 4.96 Å². The third-order valence-electron chi connectivity index (χ3n) is 4.61. The SMILES string of the molecule is O=C(CCC(=O)c1ccc2c(c1)CCC2)NCc1cn2ccsc2n1. The minimum Gasteiger partial charge on any atom is -0.350 e. The van der Waals surface area contributed by atoms with E-state index in [0.717, 1.165) is 29.1 Å². The molecule has 0 aliphatic heterocycles. The third kappa shape index (κ3) is 3.49. The average Bonchev–Trinajstić information content (AvgIpc) is 3.32. The van der Waals surface area contributed by atoms with Gasteiger partial charge >= 0.3 is 0 Å². The summed E-state index contributed by atoms with van der Waals surface area (Å²) in [6, 6.07) is 5.95. The zero-order valence-corrected chi connectivity index (χ0v) is 14.6. The van der Waals surface area contributed by atoms with E-state index < -0.39 is 0 Å². The van der Waals surface area contributed by atoms with E-state index in [1.54, 1.807) is 11.3 Å². The molecule has 6 heteroatoms. The highest BCUT2D eigenvalue weighted by Gasteiger charge is 2.15. The van der Waals surface area contributed by atoms with Crippen molar-refractivity contribution < 1.29 is 9.59 Å². The van der Waals surface area contributed by atoms with Crippen molar-refractivity contribution in [2.75, 3.05) is 0 Å². The van der Waals surface area contributed by atoms with Gasteiger partial charge in [0.25, 0.3) is 0 Å². The molecule has 0 unspecified atom stereocenters. The number of hydrogen-bond acceptors (Lipinski definition) is 4. The molecule has 1 aromatic carbocycles. The van der Waals surface area contributed by atoms with Gasteiger partial charge in [0, 0.05) is 36.2 Å². The topological polar surface area (TPSA) is 63.5 Å². The quantitative estimate of drug-likeness (QED) is 0.692. The van der Waals surface area contributed by atoms with Crippen LogP contribution in [-0.4, -0.2) is 21.1 Å². The van der Waals surface area contributed by atoms with E-state index >= 15 is 0 Å². The first-order valence-corrected chi connectivity index (χ1v) is 9.40. The molecule has 2 aromatic heterocycles. The van der Waals surface area contributed by atoms with Gasteiger partial charge in [0.1, 0.15) is 0 Å². The number of aryl methyl sites for hydroxylation is 2. The molecule has 3 aromatic rings. The summed E-state index contributed by atoms with van der Waals surface area (Å²) in [5, 5.41) is 4.80. The van der Waals surface area contributed by atoms with Gasteiger partial charge in [-0.25, -0.2) is 4.98 Å². The van der Waals surface area contributed by atoms with Gasteiger partial charge in [-0.1, -0.05) is 12.1 Å². The van der Waals surface area contributed by atoms with Gasteiger partial charge in [0.05, 0.1) is 12.2 Å².